The minimum Gasteiger partial charge on any atom is -0.340 e. The van der Waals surface area contributed by atoms with E-state index in [0.29, 0.717) is 0 Å². The maximum absolute atomic E-state index is 6.22. The van der Waals surface area contributed by atoms with Crippen molar-refractivity contribution >= 4 is 34.6 Å². The molecule has 2 aromatic carbocycles. The Labute approximate surface area is 152 Å². The summed E-state index contributed by atoms with van der Waals surface area (Å²) in [5, 5.41) is 4.08. The van der Waals surface area contributed by atoms with Gasteiger partial charge in [0.1, 0.15) is 17.5 Å². The Morgan fingerprint density at radius 3 is 2.72 bits per heavy atom. The van der Waals surface area contributed by atoms with Crippen LogP contribution in [0.1, 0.15) is 17.0 Å². The van der Waals surface area contributed by atoms with Crippen LogP contribution < -0.4 is 10.2 Å². The van der Waals surface area contributed by atoms with E-state index in [9.17, 15) is 0 Å². The second-order valence-corrected chi connectivity index (χ2v) is 6.69. The zero-order valence-electron chi connectivity index (χ0n) is 14.3. The number of fused-ring (bicyclic) bond motifs is 1. The molecule has 0 saturated heterocycles. The first-order valence-electron chi connectivity index (χ1n) is 8.34. The molecule has 0 spiro atoms. The number of hydrogen-bond acceptors (Lipinski definition) is 4. The van der Waals surface area contributed by atoms with Gasteiger partial charge in [-0.1, -0.05) is 35.9 Å². The highest BCUT2D eigenvalue weighted by Crippen LogP contribution is 2.34. The first kappa shape index (κ1) is 15.9. The predicted molar refractivity (Wildman–Crippen MR) is 103 cm³/mol. The van der Waals surface area contributed by atoms with Crippen LogP contribution >= 0.6 is 11.6 Å². The molecule has 25 heavy (non-hydrogen) atoms. The Balaban J connectivity index is 1.66. The van der Waals surface area contributed by atoms with Crippen molar-refractivity contribution in [2.45, 2.75) is 20.3 Å². The van der Waals surface area contributed by atoms with Crippen molar-refractivity contribution in [2.24, 2.45) is 0 Å². The minimum absolute atomic E-state index is 0.739. The van der Waals surface area contributed by atoms with Crippen molar-refractivity contribution in [3.63, 3.8) is 0 Å². The zero-order valence-corrected chi connectivity index (χ0v) is 15.0. The number of halogens is 1. The third-order valence-corrected chi connectivity index (χ3v) is 4.84. The lowest BCUT2D eigenvalue weighted by atomic mass is 10.2. The van der Waals surface area contributed by atoms with E-state index in [1.165, 1.54) is 11.3 Å². The van der Waals surface area contributed by atoms with E-state index in [1.807, 2.05) is 38.1 Å². The van der Waals surface area contributed by atoms with Crippen LogP contribution in [0.5, 0.6) is 0 Å². The zero-order chi connectivity index (χ0) is 17.4. The fraction of sp³-hybridized carbons (Fsp3) is 0.200. The Kier molecular flexibility index (Phi) is 4.06. The van der Waals surface area contributed by atoms with E-state index in [0.717, 1.165) is 46.7 Å². The number of anilines is 4. The van der Waals surface area contributed by atoms with Gasteiger partial charge in [-0.05, 0) is 49.6 Å². The molecule has 0 saturated carbocycles. The lowest BCUT2D eigenvalue weighted by Crippen LogP contribution is -2.16. The highest BCUT2D eigenvalue weighted by atomic mass is 35.5. The molecule has 1 aromatic heterocycles. The molecule has 1 aliphatic heterocycles. The molecule has 4 nitrogen and oxygen atoms in total. The van der Waals surface area contributed by atoms with Gasteiger partial charge in [0.05, 0.1) is 0 Å². The minimum atomic E-state index is 0.739. The van der Waals surface area contributed by atoms with Crippen LogP contribution in [-0.2, 0) is 6.42 Å². The van der Waals surface area contributed by atoms with Crippen molar-refractivity contribution in [3.8, 4) is 0 Å². The average Bonchev–Trinajstić information content (AvgIpc) is 3.02. The summed E-state index contributed by atoms with van der Waals surface area (Å²) in [6, 6.07) is 16.4. The maximum Gasteiger partial charge on any atom is 0.138 e. The summed E-state index contributed by atoms with van der Waals surface area (Å²) in [6.45, 7) is 4.84. The van der Waals surface area contributed by atoms with Gasteiger partial charge in [-0.2, -0.15) is 0 Å². The van der Waals surface area contributed by atoms with E-state index >= 15 is 0 Å². The topological polar surface area (TPSA) is 41.1 Å². The Hall–Kier alpha value is -2.59. The molecule has 1 N–H and O–H groups in total. The van der Waals surface area contributed by atoms with E-state index in [1.54, 1.807) is 0 Å². The maximum atomic E-state index is 6.22. The Morgan fingerprint density at radius 2 is 1.88 bits per heavy atom. The van der Waals surface area contributed by atoms with E-state index in [-0.39, 0.29) is 0 Å². The molecular weight excluding hydrogens is 332 g/mol. The molecule has 0 bridgehead atoms. The van der Waals surface area contributed by atoms with Crippen molar-refractivity contribution in [3.05, 3.63) is 70.5 Å². The summed E-state index contributed by atoms with van der Waals surface area (Å²) in [7, 11) is 0. The number of para-hydroxylation sites is 1. The van der Waals surface area contributed by atoms with Gasteiger partial charge in [-0.15, -0.1) is 0 Å². The van der Waals surface area contributed by atoms with Crippen LogP contribution in [0.25, 0.3) is 0 Å². The van der Waals surface area contributed by atoms with Crippen LogP contribution in [-0.4, -0.2) is 16.5 Å². The van der Waals surface area contributed by atoms with Crippen molar-refractivity contribution in [2.75, 3.05) is 16.8 Å². The van der Waals surface area contributed by atoms with Crippen LogP contribution in [0.15, 0.2) is 48.5 Å². The molecule has 4 rings (SSSR count). The first-order chi connectivity index (χ1) is 12.1. The predicted octanol–water partition coefficient (Wildman–Crippen LogP) is 5.18. The first-order valence-corrected chi connectivity index (χ1v) is 8.72. The lowest BCUT2D eigenvalue weighted by molar-refractivity contribution is 0.947. The van der Waals surface area contributed by atoms with Gasteiger partial charge in [0.15, 0.2) is 0 Å². The SMILES string of the molecule is Cc1nc(Nc2ccc(C)c(Cl)c2)cc(N2CCc3ccccc32)n1. The molecule has 0 fully saturated rings. The second kappa shape index (κ2) is 6.37. The van der Waals surface area contributed by atoms with Gasteiger partial charge in [-0.25, -0.2) is 9.97 Å². The van der Waals surface area contributed by atoms with Crippen molar-refractivity contribution in [1.82, 2.24) is 9.97 Å². The number of benzene rings is 2. The fourth-order valence-corrected chi connectivity index (χ4v) is 3.33. The summed E-state index contributed by atoms with van der Waals surface area (Å²) in [6.07, 6.45) is 1.04. The van der Waals surface area contributed by atoms with E-state index in [4.69, 9.17) is 11.6 Å². The average molecular weight is 351 g/mol. The molecular formula is C20H19ClN4. The molecule has 2 heterocycles. The number of aryl methyl sites for hydroxylation is 2. The summed E-state index contributed by atoms with van der Waals surface area (Å²) in [5.74, 6) is 2.42. The molecule has 0 amide bonds. The van der Waals surface area contributed by atoms with Gasteiger partial charge < -0.3 is 10.2 Å². The number of rotatable bonds is 3. The highest BCUT2D eigenvalue weighted by molar-refractivity contribution is 6.31. The molecule has 1 aliphatic rings. The summed E-state index contributed by atoms with van der Waals surface area (Å²) in [4.78, 5) is 11.4. The van der Waals surface area contributed by atoms with Crippen molar-refractivity contribution in [1.29, 1.82) is 0 Å². The lowest BCUT2D eigenvalue weighted by Gasteiger charge is -2.19. The van der Waals surface area contributed by atoms with Crippen LogP contribution in [0.4, 0.5) is 23.0 Å². The van der Waals surface area contributed by atoms with Gasteiger partial charge >= 0.3 is 0 Å². The number of nitrogens with one attached hydrogen (secondary N) is 1. The number of hydrogen-bond donors (Lipinski definition) is 1. The van der Waals surface area contributed by atoms with Crippen molar-refractivity contribution < 1.29 is 0 Å². The third-order valence-electron chi connectivity index (χ3n) is 4.43. The largest absolute Gasteiger partial charge is 0.340 e. The number of aromatic nitrogens is 2. The van der Waals surface area contributed by atoms with E-state index < -0.39 is 0 Å². The van der Waals surface area contributed by atoms with Gasteiger partial charge in [0.2, 0.25) is 0 Å². The number of nitrogens with zero attached hydrogens (tertiary/aromatic N) is 3. The molecule has 0 atom stereocenters. The quantitative estimate of drug-likeness (QED) is 0.706. The second-order valence-electron chi connectivity index (χ2n) is 6.28. The standard InChI is InChI=1S/C20H19ClN4/c1-13-7-8-16(11-17(13)21)24-19-12-20(23-14(2)22-19)25-10-9-15-5-3-4-6-18(15)25/h3-8,11-12H,9-10H2,1-2H3,(H,22,23,24). The van der Waals surface area contributed by atoms with Gasteiger partial charge in [0, 0.05) is 29.0 Å². The fourth-order valence-electron chi connectivity index (χ4n) is 3.15. The monoisotopic (exact) mass is 350 g/mol. The summed E-state index contributed by atoms with van der Waals surface area (Å²) >= 11 is 6.22. The van der Waals surface area contributed by atoms with E-state index in [2.05, 4.69) is 44.5 Å². The molecule has 0 aliphatic carbocycles. The highest BCUT2D eigenvalue weighted by Gasteiger charge is 2.21. The van der Waals surface area contributed by atoms with Gasteiger partial charge in [0.25, 0.3) is 0 Å². The van der Waals surface area contributed by atoms with Crippen LogP contribution in [0.3, 0.4) is 0 Å². The normalized spacial score (nSPS) is 13.0. The molecule has 126 valence electrons. The molecule has 0 radical (unpaired) electrons. The molecule has 5 heteroatoms. The Bertz CT molecular complexity index is 939. The Morgan fingerprint density at radius 1 is 1.04 bits per heavy atom. The molecule has 3 aromatic rings. The summed E-state index contributed by atoms with van der Waals surface area (Å²) < 4.78 is 0. The van der Waals surface area contributed by atoms with Crippen LogP contribution in [0.2, 0.25) is 5.02 Å². The summed E-state index contributed by atoms with van der Waals surface area (Å²) in [5.41, 5.74) is 4.56. The van der Waals surface area contributed by atoms with Crippen LogP contribution in [0, 0.1) is 13.8 Å². The van der Waals surface area contributed by atoms with Gasteiger partial charge in [-0.3, -0.25) is 0 Å². The third kappa shape index (κ3) is 3.17. The molecule has 0 unspecified atom stereocenters. The smallest absolute Gasteiger partial charge is 0.138 e.